The zero-order valence-corrected chi connectivity index (χ0v) is 13.0. The fourth-order valence-corrected chi connectivity index (χ4v) is 2.10. The van der Waals surface area contributed by atoms with Crippen LogP contribution in [0.5, 0.6) is 11.5 Å². The van der Waals surface area contributed by atoms with Crippen molar-refractivity contribution in [2.24, 2.45) is 0 Å². The molecule has 0 saturated carbocycles. The zero-order valence-electron chi connectivity index (χ0n) is 13.0. The number of nitrogens with one attached hydrogen (secondary N) is 2. The quantitative estimate of drug-likeness (QED) is 0.717. The summed E-state index contributed by atoms with van der Waals surface area (Å²) in [6, 6.07) is 5.86. The smallest absolute Gasteiger partial charge is 0.160 e. The summed E-state index contributed by atoms with van der Waals surface area (Å²) < 4.78 is 10.5. The molecule has 1 aromatic carbocycles. The molecule has 0 aliphatic carbocycles. The number of rotatable bonds is 7. The molecule has 22 heavy (non-hydrogen) atoms. The van der Waals surface area contributed by atoms with Crippen molar-refractivity contribution in [3.8, 4) is 11.5 Å². The van der Waals surface area contributed by atoms with Crippen LogP contribution in [0, 0.1) is 0 Å². The molecule has 0 spiro atoms. The Morgan fingerprint density at radius 1 is 1.09 bits per heavy atom. The molecule has 0 amide bonds. The molecule has 4 N–H and O–H groups in total. The maximum Gasteiger partial charge on any atom is 0.160 e. The van der Waals surface area contributed by atoms with E-state index in [4.69, 9.17) is 15.2 Å². The molecule has 1 heterocycles. The van der Waals surface area contributed by atoms with E-state index in [0.717, 1.165) is 23.5 Å². The molecular weight excluding hydrogens is 282 g/mol. The number of nitrogens with zero attached hydrogens (tertiary/aromatic N) is 2. The van der Waals surface area contributed by atoms with Gasteiger partial charge in [0.1, 0.15) is 12.0 Å². The summed E-state index contributed by atoms with van der Waals surface area (Å²) in [6.07, 6.45) is 2.28. The third-order valence-corrected chi connectivity index (χ3v) is 3.27. The highest BCUT2D eigenvalue weighted by Crippen LogP contribution is 2.28. The van der Waals surface area contributed by atoms with Gasteiger partial charge in [0.05, 0.1) is 14.2 Å². The molecule has 0 fully saturated rings. The highest BCUT2D eigenvalue weighted by molar-refractivity contribution is 5.73. The van der Waals surface area contributed by atoms with Gasteiger partial charge in [0.2, 0.25) is 0 Å². The predicted molar refractivity (Wildman–Crippen MR) is 87.7 cm³/mol. The summed E-state index contributed by atoms with van der Waals surface area (Å²) in [4.78, 5) is 8.20. The van der Waals surface area contributed by atoms with Crippen LogP contribution in [0.1, 0.15) is 5.56 Å². The molecule has 7 heteroatoms. The lowest BCUT2D eigenvalue weighted by molar-refractivity contribution is 0.354. The lowest BCUT2D eigenvalue weighted by atomic mass is 10.1. The highest BCUT2D eigenvalue weighted by Gasteiger charge is 2.07. The second-order valence-corrected chi connectivity index (χ2v) is 4.60. The molecule has 0 unspecified atom stereocenters. The second-order valence-electron chi connectivity index (χ2n) is 4.60. The van der Waals surface area contributed by atoms with Gasteiger partial charge in [0.15, 0.2) is 23.1 Å². The SMILES string of the molecule is CNc1ncnc(NCCc2ccc(OC)c(OC)c2)c1N. The number of anilines is 3. The summed E-state index contributed by atoms with van der Waals surface area (Å²) in [5.41, 5.74) is 7.61. The summed E-state index contributed by atoms with van der Waals surface area (Å²) in [5.74, 6) is 2.68. The number of aromatic nitrogens is 2. The third kappa shape index (κ3) is 3.49. The molecule has 1 aromatic heterocycles. The Balaban J connectivity index is 1.99. The van der Waals surface area contributed by atoms with Crippen molar-refractivity contribution in [3.05, 3.63) is 30.1 Å². The summed E-state index contributed by atoms with van der Waals surface area (Å²) >= 11 is 0. The lowest BCUT2D eigenvalue weighted by Crippen LogP contribution is -2.10. The minimum absolute atomic E-state index is 0.511. The van der Waals surface area contributed by atoms with E-state index in [9.17, 15) is 0 Å². The first-order valence-corrected chi connectivity index (χ1v) is 6.92. The van der Waals surface area contributed by atoms with Gasteiger partial charge in [-0.05, 0) is 24.1 Å². The van der Waals surface area contributed by atoms with Crippen LogP contribution < -0.4 is 25.8 Å². The topological polar surface area (TPSA) is 94.3 Å². The van der Waals surface area contributed by atoms with E-state index < -0.39 is 0 Å². The Labute approximate surface area is 129 Å². The summed E-state index contributed by atoms with van der Waals surface area (Å²) in [5, 5.41) is 6.14. The molecule has 0 bridgehead atoms. The number of methoxy groups -OCH3 is 2. The van der Waals surface area contributed by atoms with Crippen molar-refractivity contribution in [2.75, 3.05) is 44.2 Å². The van der Waals surface area contributed by atoms with E-state index in [0.29, 0.717) is 23.9 Å². The Bertz CT molecular complexity index is 633. The average Bonchev–Trinajstić information content (AvgIpc) is 2.56. The molecule has 2 rings (SSSR count). The Kier molecular flexibility index (Phi) is 5.24. The van der Waals surface area contributed by atoms with Crippen LogP contribution >= 0.6 is 0 Å². The number of nitrogen functional groups attached to an aromatic ring is 1. The largest absolute Gasteiger partial charge is 0.493 e. The van der Waals surface area contributed by atoms with Crippen LogP contribution in [0.25, 0.3) is 0 Å². The maximum atomic E-state index is 5.97. The van der Waals surface area contributed by atoms with Crippen molar-refractivity contribution in [1.29, 1.82) is 0 Å². The number of hydrogen-bond donors (Lipinski definition) is 3. The van der Waals surface area contributed by atoms with Crippen LogP contribution in [0.3, 0.4) is 0 Å². The number of benzene rings is 1. The lowest BCUT2D eigenvalue weighted by Gasteiger charge is -2.12. The van der Waals surface area contributed by atoms with Crippen LogP contribution in [0.2, 0.25) is 0 Å². The zero-order chi connectivity index (χ0) is 15.9. The molecule has 0 aliphatic rings. The van der Waals surface area contributed by atoms with E-state index in [2.05, 4.69) is 20.6 Å². The van der Waals surface area contributed by atoms with Crippen LogP contribution in [-0.2, 0) is 6.42 Å². The molecule has 0 aliphatic heterocycles. The van der Waals surface area contributed by atoms with Gasteiger partial charge in [-0.1, -0.05) is 6.07 Å². The second kappa shape index (κ2) is 7.35. The Morgan fingerprint density at radius 3 is 2.50 bits per heavy atom. The van der Waals surface area contributed by atoms with E-state index in [-0.39, 0.29) is 0 Å². The molecule has 0 radical (unpaired) electrons. The molecule has 2 aromatic rings. The Morgan fingerprint density at radius 2 is 1.82 bits per heavy atom. The van der Waals surface area contributed by atoms with E-state index >= 15 is 0 Å². The fraction of sp³-hybridized carbons (Fsp3) is 0.333. The minimum atomic E-state index is 0.511. The van der Waals surface area contributed by atoms with Crippen LogP contribution in [0.15, 0.2) is 24.5 Å². The first-order valence-electron chi connectivity index (χ1n) is 6.92. The van der Waals surface area contributed by atoms with Crippen LogP contribution in [-0.4, -0.2) is 37.8 Å². The first-order chi connectivity index (χ1) is 10.7. The molecule has 118 valence electrons. The molecule has 7 nitrogen and oxygen atoms in total. The van der Waals surface area contributed by atoms with E-state index in [1.165, 1.54) is 6.33 Å². The maximum absolute atomic E-state index is 5.97. The van der Waals surface area contributed by atoms with E-state index in [1.807, 2.05) is 18.2 Å². The normalized spacial score (nSPS) is 10.1. The monoisotopic (exact) mass is 303 g/mol. The Hall–Kier alpha value is -2.70. The van der Waals surface area contributed by atoms with Crippen molar-refractivity contribution in [2.45, 2.75) is 6.42 Å². The standard InChI is InChI=1S/C15H21N5O2/c1-17-14-13(16)15(20-9-19-14)18-7-6-10-4-5-11(21-2)12(8-10)22-3/h4-5,8-9H,6-7,16H2,1-3H3,(H2,17,18,19,20). The van der Waals surface area contributed by atoms with Gasteiger partial charge in [-0.3, -0.25) is 0 Å². The molecular formula is C15H21N5O2. The summed E-state index contributed by atoms with van der Waals surface area (Å²) in [6.45, 7) is 0.694. The molecule has 0 atom stereocenters. The van der Waals surface area contributed by atoms with Crippen molar-refractivity contribution >= 4 is 17.3 Å². The van der Waals surface area contributed by atoms with Gasteiger partial charge in [-0.15, -0.1) is 0 Å². The van der Waals surface area contributed by atoms with Crippen molar-refractivity contribution in [1.82, 2.24) is 9.97 Å². The first kappa shape index (κ1) is 15.7. The van der Waals surface area contributed by atoms with Crippen molar-refractivity contribution in [3.63, 3.8) is 0 Å². The molecule has 0 saturated heterocycles. The minimum Gasteiger partial charge on any atom is -0.493 e. The summed E-state index contributed by atoms with van der Waals surface area (Å²) in [7, 11) is 5.02. The average molecular weight is 303 g/mol. The van der Waals surface area contributed by atoms with Gasteiger partial charge in [-0.25, -0.2) is 9.97 Å². The highest BCUT2D eigenvalue weighted by atomic mass is 16.5. The van der Waals surface area contributed by atoms with Crippen molar-refractivity contribution < 1.29 is 9.47 Å². The van der Waals surface area contributed by atoms with Crippen LogP contribution in [0.4, 0.5) is 17.3 Å². The number of nitrogens with two attached hydrogens (primary N) is 1. The van der Waals surface area contributed by atoms with E-state index in [1.54, 1.807) is 21.3 Å². The number of hydrogen-bond acceptors (Lipinski definition) is 7. The number of ether oxygens (including phenoxy) is 2. The van der Waals surface area contributed by atoms with Gasteiger partial charge < -0.3 is 25.8 Å². The van der Waals surface area contributed by atoms with Gasteiger partial charge in [0, 0.05) is 13.6 Å². The van der Waals surface area contributed by atoms with Gasteiger partial charge >= 0.3 is 0 Å². The third-order valence-electron chi connectivity index (χ3n) is 3.27. The fourth-order valence-electron chi connectivity index (χ4n) is 2.10. The van der Waals surface area contributed by atoms with Gasteiger partial charge in [-0.2, -0.15) is 0 Å². The predicted octanol–water partition coefficient (Wildman–Crippen LogP) is 1.77. The van der Waals surface area contributed by atoms with Gasteiger partial charge in [0.25, 0.3) is 0 Å².